The number of ether oxygens (including phenoxy) is 1. The Hall–Kier alpha value is -2.98. The van der Waals surface area contributed by atoms with Crippen LogP contribution >= 0.6 is 15.9 Å². The molecule has 132 valence electrons. The van der Waals surface area contributed by atoms with Crippen LogP contribution in [0.4, 0.5) is 0 Å². The van der Waals surface area contributed by atoms with Gasteiger partial charge in [-0.3, -0.25) is 0 Å². The Bertz CT molecular complexity index is 1050. The molecule has 0 atom stereocenters. The van der Waals surface area contributed by atoms with Gasteiger partial charge >= 0.3 is 0 Å². The molecule has 0 unspecified atom stereocenters. The van der Waals surface area contributed by atoms with Crippen molar-refractivity contribution >= 4 is 15.9 Å². The Morgan fingerprint density at radius 1 is 0.704 bits per heavy atom. The first-order valence-corrected chi connectivity index (χ1v) is 9.42. The molecule has 0 amide bonds. The number of halogens is 1. The van der Waals surface area contributed by atoms with Crippen molar-refractivity contribution in [1.82, 2.24) is 9.97 Å². The molecule has 0 bridgehead atoms. The van der Waals surface area contributed by atoms with E-state index in [2.05, 4.69) is 38.0 Å². The van der Waals surface area contributed by atoms with Crippen molar-refractivity contribution in [3.8, 4) is 34.1 Å². The maximum Gasteiger partial charge on any atom is 0.223 e. The summed E-state index contributed by atoms with van der Waals surface area (Å²) in [6.45, 7) is 1.94. The summed E-state index contributed by atoms with van der Waals surface area (Å²) < 4.78 is 7.00. The summed E-state index contributed by atoms with van der Waals surface area (Å²) in [5.41, 5.74) is 4.14. The van der Waals surface area contributed by atoms with E-state index in [0.717, 1.165) is 27.0 Å². The van der Waals surface area contributed by atoms with Crippen LogP contribution in [0, 0.1) is 6.92 Å². The Balaban J connectivity index is 1.58. The highest BCUT2D eigenvalue weighted by Crippen LogP contribution is 2.27. The summed E-state index contributed by atoms with van der Waals surface area (Å²) in [7, 11) is 0. The maximum atomic E-state index is 5.98. The Kier molecular flexibility index (Phi) is 4.99. The molecule has 0 saturated carbocycles. The number of rotatable bonds is 4. The predicted molar refractivity (Wildman–Crippen MR) is 112 cm³/mol. The normalized spacial score (nSPS) is 10.6. The third kappa shape index (κ3) is 4.23. The zero-order chi connectivity index (χ0) is 18.6. The van der Waals surface area contributed by atoms with Gasteiger partial charge in [0.05, 0.1) is 0 Å². The summed E-state index contributed by atoms with van der Waals surface area (Å²) in [6.07, 6.45) is 0. The van der Waals surface area contributed by atoms with Crippen molar-refractivity contribution in [3.05, 3.63) is 95.1 Å². The second-order valence-corrected chi connectivity index (χ2v) is 7.09. The first-order chi connectivity index (χ1) is 13.2. The lowest BCUT2D eigenvalue weighted by Gasteiger charge is -2.09. The van der Waals surface area contributed by atoms with Gasteiger partial charge in [-0.05, 0) is 42.3 Å². The molecule has 0 N–H and O–H groups in total. The van der Waals surface area contributed by atoms with E-state index < -0.39 is 0 Å². The van der Waals surface area contributed by atoms with Gasteiger partial charge in [-0.25, -0.2) is 4.98 Å². The van der Waals surface area contributed by atoms with Crippen LogP contribution in [0.25, 0.3) is 22.5 Å². The highest BCUT2D eigenvalue weighted by Gasteiger charge is 2.07. The lowest BCUT2D eigenvalue weighted by Crippen LogP contribution is -1.96. The van der Waals surface area contributed by atoms with E-state index in [1.54, 1.807) is 0 Å². The smallest absolute Gasteiger partial charge is 0.223 e. The van der Waals surface area contributed by atoms with Crippen molar-refractivity contribution in [2.45, 2.75) is 6.92 Å². The SMILES string of the molecule is Cc1cc(Oc2ccc(-c3ccccc3)cc2)nc(-c2ccc(Br)cc2)n1. The van der Waals surface area contributed by atoms with Crippen molar-refractivity contribution in [2.75, 3.05) is 0 Å². The van der Waals surface area contributed by atoms with Gasteiger partial charge in [-0.2, -0.15) is 4.98 Å². The second kappa shape index (κ2) is 7.72. The minimum absolute atomic E-state index is 0.535. The fraction of sp³-hybridized carbons (Fsp3) is 0.0435. The quantitative estimate of drug-likeness (QED) is 0.372. The highest BCUT2D eigenvalue weighted by molar-refractivity contribution is 9.10. The topological polar surface area (TPSA) is 35.0 Å². The van der Waals surface area contributed by atoms with Crippen LogP contribution in [0.15, 0.2) is 89.4 Å². The highest BCUT2D eigenvalue weighted by atomic mass is 79.9. The zero-order valence-corrected chi connectivity index (χ0v) is 16.3. The van der Waals surface area contributed by atoms with Gasteiger partial charge in [0.1, 0.15) is 5.75 Å². The van der Waals surface area contributed by atoms with E-state index in [0.29, 0.717) is 11.7 Å². The monoisotopic (exact) mass is 416 g/mol. The van der Waals surface area contributed by atoms with Crippen molar-refractivity contribution < 1.29 is 4.74 Å². The van der Waals surface area contributed by atoms with E-state index in [1.807, 2.05) is 79.7 Å². The Labute approximate surface area is 166 Å². The molecule has 0 aliphatic heterocycles. The minimum atomic E-state index is 0.535. The molecule has 0 radical (unpaired) electrons. The molecule has 0 saturated heterocycles. The number of benzene rings is 3. The molecule has 0 spiro atoms. The van der Waals surface area contributed by atoms with Crippen LogP contribution in [0.5, 0.6) is 11.6 Å². The molecular weight excluding hydrogens is 400 g/mol. The van der Waals surface area contributed by atoms with Crippen molar-refractivity contribution in [1.29, 1.82) is 0 Å². The summed E-state index contributed by atoms with van der Waals surface area (Å²) in [4.78, 5) is 9.08. The van der Waals surface area contributed by atoms with Gasteiger partial charge in [-0.15, -0.1) is 0 Å². The average molecular weight is 417 g/mol. The molecule has 3 nitrogen and oxygen atoms in total. The van der Waals surface area contributed by atoms with Gasteiger partial charge in [0.15, 0.2) is 5.82 Å². The van der Waals surface area contributed by atoms with Crippen molar-refractivity contribution in [3.63, 3.8) is 0 Å². The summed E-state index contributed by atoms with van der Waals surface area (Å²) in [6, 6.07) is 28.0. The lowest BCUT2D eigenvalue weighted by molar-refractivity contribution is 0.461. The molecule has 27 heavy (non-hydrogen) atoms. The molecule has 4 aromatic rings. The first kappa shape index (κ1) is 17.4. The molecule has 4 rings (SSSR count). The van der Waals surface area contributed by atoms with E-state index in [-0.39, 0.29) is 0 Å². The molecule has 0 aliphatic rings. The van der Waals surface area contributed by atoms with Gasteiger partial charge in [-0.1, -0.05) is 70.5 Å². The Morgan fingerprint density at radius 2 is 1.33 bits per heavy atom. The summed E-state index contributed by atoms with van der Waals surface area (Å²) in [5, 5.41) is 0. The second-order valence-electron chi connectivity index (χ2n) is 6.17. The summed E-state index contributed by atoms with van der Waals surface area (Å²) >= 11 is 3.45. The van der Waals surface area contributed by atoms with Crippen LogP contribution in [-0.4, -0.2) is 9.97 Å². The Morgan fingerprint density at radius 3 is 2.04 bits per heavy atom. The standard InChI is InChI=1S/C23H17BrN2O/c1-16-15-22(26-23(25-16)19-7-11-20(24)12-8-19)27-21-13-9-18(10-14-21)17-5-3-2-4-6-17/h2-15H,1H3. The lowest BCUT2D eigenvalue weighted by atomic mass is 10.1. The molecule has 1 aromatic heterocycles. The predicted octanol–water partition coefficient (Wildman–Crippen LogP) is 6.67. The van der Waals surface area contributed by atoms with Crippen LogP contribution in [0.1, 0.15) is 5.69 Å². The first-order valence-electron chi connectivity index (χ1n) is 8.62. The molecule has 0 fully saturated rings. The number of nitrogens with zero attached hydrogens (tertiary/aromatic N) is 2. The van der Waals surface area contributed by atoms with E-state index >= 15 is 0 Å². The fourth-order valence-electron chi connectivity index (χ4n) is 2.79. The summed E-state index contributed by atoms with van der Waals surface area (Å²) in [5.74, 6) is 1.93. The van der Waals surface area contributed by atoms with Crippen LogP contribution in [0.2, 0.25) is 0 Å². The van der Waals surface area contributed by atoms with Gasteiger partial charge < -0.3 is 4.74 Å². The zero-order valence-electron chi connectivity index (χ0n) is 14.8. The number of hydrogen-bond acceptors (Lipinski definition) is 3. The molecule has 1 heterocycles. The third-order valence-corrected chi connectivity index (χ3v) is 4.65. The molecule has 4 heteroatoms. The van der Waals surface area contributed by atoms with Gasteiger partial charge in [0.25, 0.3) is 0 Å². The minimum Gasteiger partial charge on any atom is -0.439 e. The van der Waals surface area contributed by atoms with Gasteiger partial charge in [0, 0.05) is 21.8 Å². The fourth-order valence-corrected chi connectivity index (χ4v) is 3.05. The molecular formula is C23H17BrN2O. The molecule has 0 aliphatic carbocycles. The van der Waals surface area contributed by atoms with Crippen LogP contribution in [-0.2, 0) is 0 Å². The number of aryl methyl sites for hydroxylation is 1. The number of aromatic nitrogens is 2. The average Bonchev–Trinajstić information content (AvgIpc) is 2.69. The maximum absolute atomic E-state index is 5.98. The number of hydrogen-bond donors (Lipinski definition) is 0. The largest absolute Gasteiger partial charge is 0.439 e. The van der Waals surface area contributed by atoms with E-state index in [1.165, 1.54) is 5.56 Å². The van der Waals surface area contributed by atoms with Crippen LogP contribution in [0.3, 0.4) is 0 Å². The van der Waals surface area contributed by atoms with Crippen molar-refractivity contribution in [2.24, 2.45) is 0 Å². The third-order valence-electron chi connectivity index (χ3n) is 4.12. The van der Waals surface area contributed by atoms with E-state index in [4.69, 9.17) is 4.74 Å². The van der Waals surface area contributed by atoms with Gasteiger partial charge in [0.2, 0.25) is 5.88 Å². The van der Waals surface area contributed by atoms with Crippen LogP contribution < -0.4 is 4.74 Å². The van der Waals surface area contributed by atoms with E-state index in [9.17, 15) is 0 Å². The molecule has 3 aromatic carbocycles.